The molecule has 0 aliphatic heterocycles. The van der Waals surface area contributed by atoms with Crippen LogP contribution in [0.1, 0.15) is 17.7 Å². The van der Waals surface area contributed by atoms with Crippen molar-refractivity contribution in [3.63, 3.8) is 0 Å². The van der Waals surface area contributed by atoms with E-state index < -0.39 is 0 Å². The van der Waals surface area contributed by atoms with Gasteiger partial charge in [0.15, 0.2) is 0 Å². The van der Waals surface area contributed by atoms with Crippen molar-refractivity contribution in [1.82, 2.24) is 19.8 Å². The lowest BCUT2D eigenvalue weighted by Gasteiger charge is -2.16. The zero-order valence-corrected chi connectivity index (χ0v) is 12.1. The average Bonchev–Trinajstić information content (AvgIpc) is 2.92. The van der Waals surface area contributed by atoms with Crippen LogP contribution in [0.4, 0.5) is 0 Å². The summed E-state index contributed by atoms with van der Waals surface area (Å²) >= 11 is 1.40. The number of hydrogen-bond acceptors (Lipinski definition) is 5. The van der Waals surface area contributed by atoms with E-state index >= 15 is 0 Å². The Morgan fingerprint density at radius 2 is 2.11 bits per heavy atom. The minimum Gasteiger partial charge on any atom is -0.311 e. The molecule has 1 aromatic carbocycles. The second-order valence-corrected chi connectivity index (χ2v) is 5.26. The summed E-state index contributed by atoms with van der Waals surface area (Å²) in [5, 5.41) is 9.37. The van der Waals surface area contributed by atoms with Crippen molar-refractivity contribution in [3.8, 4) is 0 Å². The zero-order valence-electron chi connectivity index (χ0n) is 11.2. The third kappa shape index (κ3) is 5.46. The van der Waals surface area contributed by atoms with Crippen molar-refractivity contribution in [3.05, 3.63) is 47.0 Å². The van der Waals surface area contributed by atoms with Crippen LogP contribution in [-0.4, -0.2) is 34.6 Å². The van der Waals surface area contributed by atoms with Gasteiger partial charge in [0.25, 0.3) is 0 Å². The molecule has 2 rings (SSSR count). The first-order valence-corrected chi connectivity index (χ1v) is 7.37. The highest BCUT2D eigenvalue weighted by Gasteiger charge is 2.00. The molecular weight excluding hydrogens is 256 g/mol. The molecule has 4 nitrogen and oxygen atoms in total. The molecule has 1 heterocycles. The van der Waals surface area contributed by atoms with Crippen LogP contribution < -0.4 is 5.32 Å². The Balaban J connectivity index is 1.55. The van der Waals surface area contributed by atoms with Crippen LogP contribution in [0.15, 0.2) is 35.7 Å². The Morgan fingerprint density at radius 3 is 2.84 bits per heavy atom. The topological polar surface area (TPSA) is 41.0 Å². The third-order valence-corrected chi connectivity index (χ3v) is 3.45. The number of hydrogen-bond donors (Lipinski definition) is 1. The van der Waals surface area contributed by atoms with E-state index in [2.05, 4.69) is 57.2 Å². The van der Waals surface area contributed by atoms with Crippen LogP contribution in [0.25, 0.3) is 0 Å². The predicted molar refractivity (Wildman–Crippen MR) is 79.0 cm³/mol. The first-order valence-electron chi connectivity index (χ1n) is 6.54. The lowest BCUT2D eigenvalue weighted by atomic mass is 10.2. The van der Waals surface area contributed by atoms with Gasteiger partial charge in [0.05, 0.1) is 5.69 Å². The summed E-state index contributed by atoms with van der Waals surface area (Å²) in [4.78, 5) is 2.35. The molecule has 2 aromatic rings. The Bertz CT molecular complexity index is 444. The largest absolute Gasteiger partial charge is 0.311 e. The second-order valence-electron chi connectivity index (χ2n) is 4.65. The first kappa shape index (κ1) is 14.1. The van der Waals surface area contributed by atoms with Gasteiger partial charge in [0.1, 0.15) is 0 Å². The van der Waals surface area contributed by atoms with E-state index in [1.807, 2.05) is 5.38 Å². The summed E-state index contributed by atoms with van der Waals surface area (Å²) < 4.78 is 3.84. The van der Waals surface area contributed by atoms with Crippen LogP contribution in [0.3, 0.4) is 0 Å². The average molecular weight is 276 g/mol. The van der Waals surface area contributed by atoms with E-state index in [1.54, 1.807) is 0 Å². The van der Waals surface area contributed by atoms with E-state index in [0.717, 1.165) is 38.3 Å². The number of aromatic nitrogens is 2. The molecule has 19 heavy (non-hydrogen) atoms. The fraction of sp³-hybridized carbons (Fsp3) is 0.429. The van der Waals surface area contributed by atoms with Crippen molar-refractivity contribution in [1.29, 1.82) is 0 Å². The van der Waals surface area contributed by atoms with Gasteiger partial charge in [-0.05, 0) is 43.7 Å². The first-order chi connectivity index (χ1) is 9.34. The van der Waals surface area contributed by atoms with Crippen LogP contribution in [0, 0.1) is 0 Å². The zero-order chi connectivity index (χ0) is 13.3. The van der Waals surface area contributed by atoms with Crippen molar-refractivity contribution >= 4 is 11.5 Å². The highest BCUT2D eigenvalue weighted by molar-refractivity contribution is 7.03. The molecular formula is C14H20N4S. The standard InChI is InChI=1S/C14H20N4S/c1-18(11-13-6-3-2-4-7-13)9-5-8-15-10-14-12-19-17-16-14/h2-4,6-7,12,15H,5,8-11H2,1H3. The van der Waals surface area contributed by atoms with Crippen LogP contribution >= 0.6 is 11.5 Å². The van der Waals surface area contributed by atoms with Crippen LogP contribution in [0.5, 0.6) is 0 Å². The van der Waals surface area contributed by atoms with E-state index in [1.165, 1.54) is 17.1 Å². The molecule has 1 aromatic heterocycles. The van der Waals surface area contributed by atoms with Crippen molar-refractivity contribution < 1.29 is 0 Å². The van der Waals surface area contributed by atoms with E-state index in [-0.39, 0.29) is 0 Å². The fourth-order valence-electron chi connectivity index (χ4n) is 1.93. The van der Waals surface area contributed by atoms with Gasteiger partial charge < -0.3 is 10.2 Å². The minimum absolute atomic E-state index is 0.818. The Morgan fingerprint density at radius 1 is 1.26 bits per heavy atom. The number of rotatable bonds is 8. The SMILES string of the molecule is CN(CCCNCc1csnn1)Cc1ccccc1. The molecule has 0 aliphatic rings. The molecule has 0 fully saturated rings. The lowest BCUT2D eigenvalue weighted by molar-refractivity contribution is 0.319. The molecule has 5 heteroatoms. The van der Waals surface area contributed by atoms with Crippen molar-refractivity contribution in [2.75, 3.05) is 20.1 Å². The van der Waals surface area contributed by atoms with Crippen LogP contribution in [-0.2, 0) is 13.1 Å². The maximum absolute atomic E-state index is 4.00. The Labute approximate surface area is 118 Å². The Kier molecular flexibility index (Phi) is 5.94. The van der Waals surface area contributed by atoms with Gasteiger partial charge in [-0.15, -0.1) is 5.10 Å². The normalized spacial score (nSPS) is 11.1. The quantitative estimate of drug-likeness (QED) is 0.750. The summed E-state index contributed by atoms with van der Waals surface area (Å²) in [6.07, 6.45) is 1.14. The maximum atomic E-state index is 4.00. The summed E-state index contributed by atoms with van der Waals surface area (Å²) in [6.45, 7) is 3.93. The predicted octanol–water partition coefficient (Wildman–Crippen LogP) is 2.15. The van der Waals surface area contributed by atoms with Gasteiger partial charge in [0, 0.05) is 18.5 Å². The fourth-order valence-corrected chi connectivity index (χ4v) is 2.38. The number of nitrogens with one attached hydrogen (secondary N) is 1. The van der Waals surface area contributed by atoms with E-state index in [9.17, 15) is 0 Å². The van der Waals surface area contributed by atoms with E-state index in [0.29, 0.717) is 0 Å². The summed E-state index contributed by atoms with van der Waals surface area (Å²) in [5.74, 6) is 0. The van der Waals surface area contributed by atoms with Gasteiger partial charge in [-0.3, -0.25) is 0 Å². The molecule has 0 spiro atoms. The van der Waals surface area contributed by atoms with Gasteiger partial charge >= 0.3 is 0 Å². The molecule has 1 N–H and O–H groups in total. The summed E-state index contributed by atoms with van der Waals surface area (Å²) in [6, 6.07) is 10.6. The molecule has 0 aliphatic carbocycles. The smallest absolute Gasteiger partial charge is 0.0893 e. The van der Waals surface area contributed by atoms with Crippen LogP contribution in [0.2, 0.25) is 0 Å². The van der Waals surface area contributed by atoms with E-state index in [4.69, 9.17) is 0 Å². The number of nitrogens with zero attached hydrogens (tertiary/aromatic N) is 3. The van der Waals surface area contributed by atoms with Gasteiger partial charge in [-0.1, -0.05) is 34.8 Å². The molecule has 0 saturated carbocycles. The van der Waals surface area contributed by atoms with Gasteiger partial charge in [-0.2, -0.15) is 0 Å². The number of benzene rings is 1. The van der Waals surface area contributed by atoms with Crippen molar-refractivity contribution in [2.24, 2.45) is 0 Å². The van der Waals surface area contributed by atoms with Crippen molar-refractivity contribution in [2.45, 2.75) is 19.5 Å². The highest BCUT2D eigenvalue weighted by atomic mass is 32.1. The molecule has 0 bridgehead atoms. The maximum Gasteiger partial charge on any atom is 0.0893 e. The summed E-state index contributed by atoms with van der Waals surface area (Å²) in [5.41, 5.74) is 2.40. The molecule has 102 valence electrons. The molecule has 0 saturated heterocycles. The lowest BCUT2D eigenvalue weighted by Crippen LogP contribution is -2.23. The molecule has 0 radical (unpaired) electrons. The van der Waals surface area contributed by atoms with Gasteiger partial charge in [0.2, 0.25) is 0 Å². The highest BCUT2D eigenvalue weighted by Crippen LogP contribution is 2.02. The summed E-state index contributed by atoms with van der Waals surface area (Å²) in [7, 11) is 2.16. The van der Waals surface area contributed by atoms with Gasteiger partial charge in [-0.25, -0.2) is 0 Å². The monoisotopic (exact) mass is 276 g/mol. The third-order valence-electron chi connectivity index (χ3n) is 2.90. The second kappa shape index (κ2) is 7.99. The Hall–Kier alpha value is -1.30. The minimum atomic E-state index is 0.818. The molecule has 0 atom stereocenters. The molecule has 0 unspecified atom stereocenters. The molecule has 0 amide bonds.